The highest BCUT2D eigenvalue weighted by atomic mass is 32.2. The number of rotatable bonds is 3. The maximum atomic E-state index is 12.9. The first-order valence-electron chi connectivity index (χ1n) is 7.14. The number of sulfonamides is 1. The van der Waals surface area contributed by atoms with Crippen LogP contribution in [0.3, 0.4) is 0 Å². The predicted molar refractivity (Wildman–Crippen MR) is 81.0 cm³/mol. The molecule has 1 aromatic carbocycles. The van der Waals surface area contributed by atoms with Gasteiger partial charge in [0.05, 0.1) is 16.5 Å². The van der Waals surface area contributed by atoms with Crippen LogP contribution >= 0.6 is 0 Å². The number of nitrogens with zero attached hydrogens (tertiary/aromatic N) is 2. The van der Waals surface area contributed by atoms with Crippen molar-refractivity contribution in [2.24, 2.45) is 11.7 Å². The van der Waals surface area contributed by atoms with Crippen molar-refractivity contribution in [1.29, 1.82) is 5.26 Å². The van der Waals surface area contributed by atoms with Crippen LogP contribution in [0.25, 0.3) is 0 Å². The van der Waals surface area contributed by atoms with Gasteiger partial charge in [-0.15, -0.1) is 0 Å². The Morgan fingerprint density at radius 2 is 2.19 bits per heavy atom. The summed E-state index contributed by atoms with van der Waals surface area (Å²) in [4.78, 5) is 0.272. The number of nitrogens with two attached hydrogens (primary N) is 1. The van der Waals surface area contributed by atoms with E-state index >= 15 is 0 Å². The molecular weight excluding hydrogens is 286 g/mol. The van der Waals surface area contributed by atoms with Crippen molar-refractivity contribution in [2.75, 3.05) is 13.1 Å². The molecule has 0 spiro atoms. The molecule has 2 N–H and O–H groups in total. The molecule has 1 heterocycles. The van der Waals surface area contributed by atoms with Crippen LogP contribution in [0.15, 0.2) is 23.1 Å². The summed E-state index contributed by atoms with van der Waals surface area (Å²) in [6.07, 6.45) is 1.85. The lowest BCUT2D eigenvalue weighted by atomic mass is 9.93. The van der Waals surface area contributed by atoms with E-state index in [1.807, 2.05) is 13.0 Å². The van der Waals surface area contributed by atoms with Crippen LogP contribution in [0.5, 0.6) is 0 Å². The molecule has 21 heavy (non-hydrogen) atoms. The van der Waals surface area contributed by atoms with E-state index in [0.29, 0.717) is 24.2 Å². The molecule has 5 nitrogen and oxygen atoms in total. The fourth-order valence-electron chi connectivity index (χ4n) is 2.99. The van der Waals surface area contributed by atoms with Gasteiger partial charge in [-0.3, -0.25) is 0 Å². The summed E-state index contributed by atoms with van der Waals surface area (Å²) in [7, 11) is -3.57. The fraction of sp³-hybridized carbons (Fsp3) is 0.533. The van der Waals surface area contributed by atoms with Crippen LogP contribution in [-0.2, 0) is 10.0 Å². The second kappa shape index (κ2) is 6.14. The molecular formula is C15H21N3O2S. The summed E-state index contributed by atoms with van der Waals surface area (Å²) in [5, 5.41) is 8.89. The average Bonchev–Trinajstić information content (AvgIpc) is 2.46. The van der Waals surface area contributed by atoms with Crippen LogP contribution < -0.4 is 5.73 Å². The van der Waals surface area contributed by atoms with Crippen molar-refractivity contribution in [3.8, 4) is 6.07 Å². The summed E-state index contributed by atoms with van der Waals surface area (Å²) in [5.74, 6) is 0.261. The lowest BCUT2D eigenvalue weighted by Gasteiger charge is -2.38. The van der Waals surface area contributed by atoms with Gasteiger partial charge in [-0.05, 0) is 49.4 Å². The molecule has 1 saturated heterocycles. The molecule has 0 aromatic heterocycles. The molecule has 0 unspecified atom stereocenters. The van der Waals surface area contributed by atoms with Gasteiger partial charge >= 0.3 is 0 Å². The van der Waals surface area contributed by atoms with E-state index in [-0.39, 0.29) is 16.9 Å². The van der Waals surface area contributed by atoms with Crippen molar-refractivity contribution in [3.63, 3.8) is 0 Å². The fourth-order valence-corrected chi connectivity index (χ4v) is 4.97. The number of hydrogen-bond donors (Lipinski definition) is 1. The van der Waals surface area contributed by atoms with E-state index in [1.54, 1.807) is 19.1 Å². The van der Waals surface area contributed by atoms with Crippen LogP contribution in [0.2, 0.25) is 0 Å². The van der Waals surface area contributed by atoms with Crippen LogP contribution in [-0.4, -0.2) is 31.9 Å². The molecule has 1 aliphatic rings. The third-order valence-corrected chi connectivity index (χ3v) is 6.28. The largest absolute Gasteiger partial charge is 0.329 e. The van der Waals surface area contributed by atoms with E-state index in [1.165, 1.54) is 10.4 Å². The monoisotopic (exact) mass is 307 g/mol. The van der Waals surface area contributed by atoms with Gasteiger partial charge < -0.3 is 5.73 Å². The summed E-state index contributed by atoms with van der Waals surface area (Å²) in [5.41, 5.74) is 6.86. The Bertz CT molecular complexity index is 664. The first kappa shape index (κ1) is 16.0. The lowest BCUT2D eigenvalue weighted by Crippen LogP contribution is -2.51. The highest BCUT2D eigenvalue weighted by Crippen LogP contribution is 2.30. The normalized spacial score (nSPS) is 23.7. The molecule has 0 amide bonds. The molecule has 2 rings (SSSR count). The number of aryl methyl sites for hydroxylation is 1. The molecule has 0 bridgehead atoms. The minimum absolute atomic E-state index is 0.154. The predicted octanol–water partition coefficient (Wildman–Crippen LogP) is 1.61. The van der Waals surface area contributed by atoms with Gasteiger partial charge in [-0.2, -0.15) is 9.57 Å². The zero-order valence-electron chi connectivity index (χ0n) is 12.4. The first-order chi connectivity index (χ1) is 9.91. The first-order valence-corrected chi connectivity index (χ1v) is 8.58. The van der Waals surface area contributed by atoms with Crippen molar-refractivity contribution >= 4 is 10.0 Å². The van der Waals surface area contributed by atoms with Gasteiger partial charge in [-0.1, -0.05) is 6.92 Å². The van der Waals surface area contributed by atoms with Crippen LogP contribution in [0, 0.1) is 24.2 Å². The van der Waals surface area contributed by atoms with E-state index in [0.717, 1.165) is 12.8 Å². The Labute approximate surface area is 126 Å². The van der Waals surface area contributed by atoms with E-state index in [4.69, 9.17) is 11.0 Å². The van der Waals surface area contributed by atoms with Crippen molar-refractivity contribution < 1.29 is 8.42 Å². The summed E-state index contributed by atoms with van der Waals surface area (Å²) >= 11 is 0. The Kier molecular flexibility index (Phi) is 4.67. The van der Waals surface area contributed by atoms with E-state index in [9.17, 15) is 8.42 Å². The second-order valence-electron chi connectivity index (χ2n) is 5.63. The van der Waals surface area contributed by atoms with Gasteiger partial charge in [0, 0.05) is 19.1 Å². The molecule has 2 atom stereocenters. The topological polar surface area (TPSA) is 87.2 Å². The Balaban J connectivity index is 2.44. The number of piperidine rings is 1. The standard InChI is InChI=1S/C15H21N3O2S/c1-11-4-3-7-18(14(11)10-17)21(19,20)15-6-5-13(9-16)8-12(15)2/h5-6,8,11,14H,3-4,7,10,17H2,1-2H3/t11-,14-/m1/s1. The van der Waals surface area contributed by atoms with E-state index < -0.39 is 10.0 Å². The second-order valence-corrected chi connectivity index (χ2v) is 7.49. The molecule has 0 radical (unpaired) electrons. The lowest BCUT2D eigenvalue weighted by molar-refractivity contribution is 0.192. The molecule has 0 saturated carbocycles. The molecule has 1 aromatic rings. The quantitative estimate of drug-likeness (QED) is 0.919. The number of nitriles is 1. The smallest absolute Gasteiger partial charge is 0.243 e. The SMILES string of the molecule is Cc1cc(C#N)ccc1S(=O)(=O)N1CCC[C@@H](C)[C@H]1CN. The van der Waals surface area contributed by atoms with Gasteiger partial charge in [0.25, 0.3) is 0 Å². The third-order valence-electron chi connectivity index (χ3n) is 4.20. The number of hydrogen-bond acceptors (Lipinski definition) is 4. The maximum absolute atomic E-state index is 12.9. The highest BCUT2D eigenvalue weighted by molar-refractivity contribution is 7.89. The summed E-state index contributed by atoms with van der Waals surface area (Å²) in [6.45, 7) is 4.60. The zero-order valence-corrected chi connectivity index (χ0v) is 13.2. The van der Waals surface area contributed by atoms with Crippen LogP contribution in [0.4, 0.5) is 0 Å². The number of benzene rings is 1. The minimum atomic E-state index is -3.57. The Hall–Kier alpha value is -1.42. The molecule has 0 aliphatic carbocycles. The van der Waals surface area contributed by atoms with Gasteiger partial charge in [0.1, 0.15) is 0 Å². The Morgan fingerprint density at radius 3 is 2.76 bits per heavy atom. The van der Waals surface area contributed by atoms with Gasteiger partial charge in [-0.25, -0.2) is 8.42 Å². The molecule has 1 aliphatic heterocycles. The molecule has 114 valence electrons. The maximum Gasteiger partial charge on any atom is 0.243 e. The zero-order chi connectivity index (χ0) is 15.6. The summed E-state index contributed by atoms with van der Waals surface area (Å²) < 4.78 is 27.4. The summed E-state index contributed by atoms with van der Waals surface area (Å²) in [6, 6.07) is 6.55. The minimum Gasteiger partial charge on any atom is -0.329 e. The van der Waals surface area contributed by atoms with Crippen molar-refractivity contribution in [1.82, 2.24) is 4.31 Å². The van der Waals surface area contributed by atoms with Crippen molar-refractivity contribution in [3.05, 3.63) is 29.3 Å². The van der Waals surface area contributed by atoms with Gasteiger partial charge in [0.15, 0.2) is 0 Å². The molecule has 1 fully saturated rings. The molecule has 6 heteroatoms. The third kappa shape index (κ3) is 2.95. The van der Waals surface area contributed by atoms with Gasteiger partial charge in [0.2, 0.25) is 10.0 Å². The highest BCUT2D eigenvalue weighted by Gasteiger charge is 2.36. The average molecular weight is 307 g/mol. The Morgan fingerprint density at radius 1 is 1.48 bits per heavy atom. The van der Waals surface area contributed by atoms with Crippen molar-refractivity contribution in [2.45, 2.75) is 37.6 Å². The van der Waals surface area contributed by atoms with E-state index in [2.05, 4.69) is 0 Å². The van der Waals surface area contributed by atoms with Crippen LogP contribution in [0.1, 0.15) is 30.9 Å².